The Bertz CT molecular complexity index is 1510. The standard InChI is InChI=1S/C31H27N3/c1-2-20-33-31(34-30(32)27-19-14-22-8-3-4-10-26(22)21-27)25-17-15-24(16-18-25)29-13-7-11-23-9-5-6-12-28(23)29/h3-19,21H,2,20H2,1H3,(H2,32,33,34). The van der Waals surface area contributed by atoms with E-state index in [9.17, 15) is 0 Å². The first-order valence-corrected chi connectivity index (χ1v) is 11.7. The molecule has 3 nitrogen and oxygen atoms in total. The molecule has 0 fully saturated rings. The predicted octanol–water partition coefficient (Wildman–Crippen LogP) is 7.22. The molecule has 0 saturated heterocycles. The lowest BCUT2D eigenvalue weighted by molar-refractivity contribution is 0.930. The van der Waals surface area contributed by atoms with Crippen LogP contribution < -0.4 is 5.73 Å². The lowest BCUT2D eigenvalue weighted by atomic mass is 9.97. The van der Waals surface area contributed by atoms with Crippen molar-refractivity contribution in [1.29, 1.82) is 0 Å². The molecule has 0 aliphatic rings. The van der Waals surface area contributed by atoms with E-state index in [4.69, 9.17) is 15.7 Å². The maximum atomic E-state index is 6.45. The Hall–Kier alpha value is -4.24. The Morgan fingerprint density at radius 2 is 1.35 bits per heavy atom. The Balaban J connectivity index is 1.49. The lowest BCUT2D eigenvalue weighted by Crippen LogP contribution is -2.16. The lowest BCUT2D eigenvalue weighted by Gasteiger charge is -2.09. The topological polar surface area (TPSA) is 50.7 Å². The zero-order chi connectivity index (χ0) is 23.3. The van der Waals surface area contributed by atoms with Gasteiger partial charge in [0.05, 0.1) is 0 Å². The van der Waals surface area contributed by atoms with E-state index in [1.165, 1.54) is 27.3 Å². The molecule has 5 rings (SSSR count). The molecule has 34 heavy (non-hydrogen) atoms. The highest BCUT2D eigenvalue weighted by Gasteiger charge is 2.08. The zero-order valence-corrected chi connectivity index (χ0v) is 19.3. The van der Waals surface area contributed by atoms with Crippen molar-refractivity contribution in [3.63, 3.8) is 0 Å². The van der Waals surface area contributed by atoms with Crippen LogP contribution in [0, 0.1) is 0 Å². The van der Waals surface area contributed by atoms with E-state index < -0.39 is 0 Å². The van der Waals surface area contributed by atoms with Crippen molar-refractivity contribution in [3.05, 3.63) is 120 Å². The van der Waals surface area contributed by atoms with Crippen molar-refractivity contribution in [3.8, 4) is 11.1 Å². The van der Waals surface area contributed by atoms with Gasteiger partial charge in [0.2, 0.25) is 0 Å². The van der Waals surface area contributed by atoms with Gasteiger partial charge in [-0.2, -0.15) is 0 Å². The SMILES string of the molecule is CCCN=C(N=C(N)c1ccc2ccccc2c1)c1ccc(-c2cccc3ccccc23)cc1. The molecule has 5 aromatic carbocycles. The second-order valence-corrected chi connectivity index (χ2v) is 8.37. The van der Waals surface area contributed by atoms with Crippen LogP contribution in [0.5, 0.6) is 0 Å². The van der Waals surface area contributed by atoms with Crippen molar-refractivity contribution in [2.24, 2.45) is 15.7 Å². The van der Waals surface area contributed by atoms with E-state index in [1.807, 2.05) is 18.2 Å². The molecule has 0 radical (unpaired) electrons. The van der Waals surface area contributed by atoms with Gasteiger partial charge in [0.25, 0.3) is 0 Å². The number of amidine groups is 2. The molecular weight excluding hydrogens is 414 g/mol. The van der Waals surface area contributed by atoms with Crippen LogP contribution in [0.1, 0.15) is 24.5 Å². The number of benzene rings is 5. The van der Waals surface area contributed by atoms with E-state index in [0.29, 0.717) is 18.2 Å². The van der Waals surface area contributed by atoms with E-state index in [-0.39, 0.29) is 0 Å². The summed E-state index contributed by atoms with van der Waals surface area (Å²) >= 11 is 0. The molecule has 2 N–H and O–H groups in total. The van der Waals surface area contributed by atoms with Crippen molar-refractivity contribution in [1.82, 2.24) is 0 Å². The number of hydrogen-bond acceptors (Lipinski definition) is 1. The number of hydrogen-bond donors (Lipinski definition) is 1. The first kappa shape index (κ1) is 21.6. The van der Waals surface area contributed by atoms with Gasteiger partial charge in [-0.25, -0.2) is 4.99 Å². The van der Waals surface area contributed by atoms with Crippen LogP contribution in [0.15, 0.2) is 119 Å². The number of nitrogens with zero attached hydrogens (tertiary/aromatic N) is 2. The van der Waals surface area contributed by atoms with Crippen LogP contribution >= 0.6 is 0 Å². The van der Waals surface area contributed by atoms with Gasteiger partial charge in [0.15, 0.2) is 5.84 Å². The summed E-state index contributed by atoms with van der Waals surface area (Å²) in [5.74, 6) is 1.13. The molecule has 0 heterocycles. The third-order valence-electron chi connectivity index (χ3n) is 6.00. The van der Waals surface area contributed by atoms with Gasteiger partial charge in [0, 0.05) is 17.7 Å². The summed E-state index contributed by atoms with van der Waals surface area (Å²) in [7, 11) is 0. The molecular formula is C31H27N3. The summed E-state index contributed by atoms with van der Waals surface area (Å²) in [6.45, 7) is 2.82. The van der Waals surface area contributed by atoms with E-state index in [1.54, 1.807) is 0 Å². The van der Waals surface area contributed by atoms with Gasteiger partial charge in [-0.05, 0) is 45.2 Å². The van der Waals surface area contributed by atoms with Gasteiger partial charge >= 0.3 is 0 Å². The van der Waals surface area contributed by atoms with Crippen LogP contribution in [-0.4, -0.2) is 18.2 Å². The molecule has 0 unspecified atom stereocenters. The molecule has 166 valence electrons. The van der Waals surface area contributed by atoms with Gasteiger partial charge in [0.1, 0.15) is 5.84 Å². The normalized spacial score (nSPS) is 12.4. The second-order valence-electron chi connectivity index (χ2n) is 8.37. The minimum absolute atomic E-state index is 0.471. The van der Waals surface area contributed by atoms with Crippen LogP contribution in [0.4, 0.5) is 0 Å². The highest BCUT2D eigenvalue weighted by molar-refractivity contribution is 6.12. The second kappa shape index (κ2) is 9.72. The molecule has 0 aliphatic heterocycles. The molecule has 0 amide bonds. The van der Waals surface area contributed by atoms with Gasteiger partial charge in [-0.1, -0.05) is 110 Å². The number of nitrogens with two attached hydrogens (primary N) is 1. The van der Waals surface area contributed by atoms with Gasteiger partial charge in [-0.3, -0.25) is 4.99 Å². The predicted molar refractivity (Wildman–Crippen MR) is 146 cm³/mol. The summed E-state index contributed by atoms with van der Waals surface area (Å²) < 4.78 is 0. The van der Waals surface area contributed by atoms with Crippen LogP contribution in [0.3, 0.4) is 0 Å². The third-order valence-corrected chi connectivity index (χ3v) is 6.00. The Labute approximate surface area is 200 Å². The quantitative estimate of drug-likeness (QED) is 0.227. The Morgan fingerprint density at radius 1 is 0.676 bits per heavy atom. The molecule has 5 aromatic rings. The molecule has 0 aromatic heterocycles. The van der Waals surface area contributed by atoms with Gasteiger partial charge in [-0.15, -0.1) is 0 Å². The van der Waals surface area contributed by atoms with Crippen LogP contribution in [-0.2, 0) is 0 Å². The first-order valence-electron chi connectivity index (χ1n) is 11.7. The summed E-state index contributed by atoms with van der Waals surface area (Å²) in [6.07, 6.45) is 0.947. The first-order chi connectivity index (χ1) is 16.7. The summed E-state index contributed by atoms with van der Waals surface area (Å²) in [5.41, 5.74) is 10.7. The minimum Gasteiger partial charge on any atom is -0.383 e. The number of fused-ring (bicyclic) bond motifs is 2. The van der Waals surface area contributed by atoms with E-state index in [2.05, 4.69) is 97.9 Å². The van der Waals surface area contributed by atoms with Crippen molar-refractivity contribution in [2.45, 2.75) is 13.3 Å². The Morgan fingerprint density at radius 3 is 2.15 bits per heavy atom. The third kappa shape index (κ3) is 4.46. The summed E-state index contributed by atoms with van der Waals surface area (Å²) in [4.78, 5) is 9.50. The summed E-state index contributed by atoms with van der Waals surface area (Å²) in [6, 6.07) is 37.8. The highest BCUT2D eigenvalue weighted by Crippen LogP contribution is 2.29. The fourth-order valence-electron chi connectivity index (χ4n) is 4.21. The average molecular weight is 442 g/mol. The van der Waals surface area contributed by atoms with Crippen molar-refractivity contribution >= 4 is 33.2 Å². The zero-order valence-electron chi connectivity index (χ0n) is 19.3. The molecule has 0 bridgehead atoms. The molecule has 0 atom stereocenters. The largest absolute Gasteiger partial charge is 0.383 e. The minimum atomic E-state index is 0.471. The maximum Gasteiger partial charge on any atom is 0.156 e. The van der Waals surface area contributed by atoms with Gasteiger partial charge < -0.3 is 5.73 Å². The molecule has 0 spiro atoms. The molecule has 0 aliphatic carbocycles. The average Bonchev–Trinajstić information content (AvgIpc) is 2.90. The smallest absolute Gasteiger partial charge is 0.156 e. The van der Waals surface area contributed by atoms with Crippen molar-refractivity contribution in [2.75, 3.05) is 6.54 Å². The highest BCUT2D eigenvalue weighted by atomic mass is 15.0. The monoisotopic (exact) mass is 441 g/mol. The van der Waals surface area contributed by atoms with Crippen molar-refractivity contribution < 1.29 is 0 Å². The number of rotatable bonds is 5. The summed E-state index contributed by atoms with van der Waals surface area (Å²) in [5, 5.41) is 4.81. The fraction of sp³-hybridized carbons (Fsp3) is 0.0968. The fourth-order valence-corrected chi connectivity index (χ4v) is 4.21. The molecule has 3 heteroatoms. The van der Waals surface area contributed by atoms with Crippen LogP contribution in [0.25, 0.3) is 32.7 Å². The van der Waals surface area contributed by atoms with E-state index in [0.717, 1.165) is 22.9 Å². The molecule has 0 saturated carbocycles. The Kier molecular flexibility index (Phi) is 6.17. The number of aliphatic imine (C=N–C) groups is 2. The maximum absolute atomic E-state index is 6.45. The van der Waals surface area contributed by atoms with Crippen LogP contribution in [0.2, 0.25) is 0 Å². The van der Waals surface area contributed by atoms with E-state index >= 15 is 0 Å².